The molecule has 3 heteroatoms. The van der Waals surface area contributed by atoms with Crippen LogP contribution in [-0.4, -0.2) is 49.6 Å². The summed E-state index contributed by atoms with van der Waals surface area (Å²) in [7, 11) is 2.27. The maximum atomic E-state index is 3.38. The normalized spacial score (nSPS) is 13.2. The number of hydrogen-bond acceptors (Lipinski definition) is 3. The van der Waals surface area contributed by atoms with Crippen molar-refractivity contribution in [3.63, 3.8) is 0 Å². The SMILES string of the molecule is CCNCCCCCCN(C)C(C)CCSC. The molecule has 17 heavy (non-hydrogen) atoms. The van der Waals surface area contributed by atoms with Crippen molar-refractivity contribution in [2.45, 2.75) is 52.0 Å². The zero-order chi connectivity index (χ0) is 12.9. The maximum absolute atomic E-state index is 3.38. The molecule has 104 valence electrons. The monoisotopic (exact) mass is 260 g/mol. The summed E-state index contributed by atoms with van der Waals surface area (Å²) >= 11 is 1.95. The average molecular weight is 260 g/mol. The van der Waals surface area contributed by atoms with Crippen molar-refractivity contribution in [3.8, 4) is 0 Å². The Kier molecular flexibility index (Phi) is 12.9. The van der Waals surface area contributed by atoms with E-state index in [-0.39, 0.29) is 0 Å². The molecular formula is C14H32N2S. The van der Waals surface area contributed by atoms with Gasteiger partial charge in [-0.3, -0.25) is 0 Å². The van der Waals surface area contributed by atoms with Gasteiger partial charge in [0, 0.05) is 6.04 Å². The summed E-state index contributed by atoms with van der Waals surface area (Å²) in [5.41, 5.74) is 0. The molecule has 1 unspecified atom stereocenters. The van der Waals surface area contributed by atoms with Crippen LogP contribution in [0.3, 0.4) is 0 Å². The molecule has 0 aromatic carbocycles. The topological polar surface area (TPSA) is 15.3 Å². The van der Waals surface area contributed by atoms with Crippen LogP contribution in [0.1, 0.15) is 46.0 Å². The molecule has 0 amide bonds. The summed E-state index contributed by atoms with van der Waals surface area (Å²) in [6.07, 6.45) is 8.95. The largest absolute Gasteiger partial charge is 0.317 e. The van der Waals surface area contributed by atoms with Gasteiger partial charge in [-0.2, -0.15) is 11.8 Å². The van der Waals surface area contributed by atoms with Gasteiger partial charge in [0.25, 0.3) is 0 Å². The second-order valence-corrected chi connectivity index (χ2v) is 5.86. The molecule has 1 N–H and O–H groups in total. The highest BCUT2D eigenvalue weighted by Gasteiger charge is 2.07. The molecule has 0 radical (unpaired) electrons. The molecule has 0 rings (SSSR count). The Hall–Kier alpha value is 0.270. The Balaban J connectivity index is 3.28. The van der Waals surface area contributed by atoms with Gasteiger partial charge in [-0.25, -0.2) is 0 Å². The van der Waals surface area contributed by atoms with Crippen LogP contribution in [0.25, 0.3) is 0 Å². The minimum Gasteiger partial charge on any atom is -0.317 e. The van der Waals surface area contributed by atoms with Crippen LogP contribution < -0.4 is 5.32 Å². The molecule has 0 spiro atoms. The summed E-state index contributed by atoms with van der Waals surface area (Å²) in [4.78, 5) is 2.51. The fourth-order valence-corrected chi connectivity index (χ4v) is 2.45. The fraction of sp³-hybridized carbons (Fsp3) is 1.00. The van der Waals surface area contributed by atoms with Crippen LogP contribution in [0.5, 0.6) is 0 Å². The Labute approximate surface area is 113 Å². The van der Waals surface area contributed by atoms with Crippen LogP contribution in [0.15, 0.2) is 0 Å². The highest BCUT2D eigenvalue weighted by molar-refractivity contribution is 7.98. The molecule has 0 aromatic heterocycles. The van der Waals surface area contributed by atoms with Crippen LogP contribution >= 0.6 is 11.8 Å². The van der Waals surface area contributed by atoms with Gasteiger partial charge in [-0.05, 0) is 64.9 Å². The zero-order valence-electron chi connectivity index (χ0n) is 12.3. The van der Waals surface area contributed by atoms with Crippen molar-refractivity contribution < 1.29 is 0 Å². The molecule has 0 aliphatic carbocycles. The van der Waals surface area contributed by atoms with Crippen molar-refractivity contribution in [2.75, 3.05) is 38.7 Å². The molecule has 0 aliphatic heterocycles. The van der Waals surface area contributed by atoms with Gasteiger partial charge in [0.15, 0.2) is 0 Å². The summed E-state index contributed by atoms with van der Waals surface area (Å²) < 4.78 is 0. The van der Waals surface area contributed by atoms with Gasteiger partial charge < -0.3 is 10.2 Å². The lowest BCUT2D eigenvalue weighted by Crippen LogP contribution is -2.30. The first-order chi connectivity index (χ1) is 8.22. The van der Waals surface area contributed by atoms with Gasteiger partial charge in [0.05, 0.1) is 0 Å². The van der Waals surface area contributed by atoms with E-state index in [4.69, 9.17) is 0 Å². The van der Waals surface area contributed by atoms with Crippen molar-refractivity contribution in [3.05, 3.63) is 0 Å². The summed E-state index contributed by atoms with van der Waals surface area (Å²) in [6.45, 7) is 8.08. The molecule has 0 saturated carbocycles. The van der Waals surface area contributed by atoms with Crippen LogP contribution in [0, 0.1) is 0 Å². The Morgan fingerprint density at radius 3 is 2.53 bits per heavy atom. The predicted molar refractivity (Wildman–Crippen MR) is 82.1 cm³/mol. The van der Waals surface area contributed by atoms with Crippen molar-refractivity contribution in [2.24, 2.45) is 0 Å². The molecule has 0 aliphatic rings. The molecular weight excluding hydrogens is 228 g/mol. The molecule has 0 heterocycles. The van der Waals surface area contributed by atoms with E-state index in [9.17, 15) is 0 Å². The van der Waals surface area contributed by atoms with Gasteiger partial charge in [0.1, 0.15) is 0 Å². The molecule has 0 aromatic rings. The number of unbranched alkanes of at least 4 members (excludes halogenated alkanes) is 3. The van der Waals surface area contributed by atoms with E-state index in [0.29, 0.717) is 0 Å². The lowest BCUT2D eigenvalue weighted by Gasteiger charge is -2.24. The smallest absolute Gasteiger partial charge is 0.00717 e. The first kappa shape index (κ1) is 17.3. The lowest BCUT2D eigenvalue weighted by atomic mass is 10.1. The number of thioether (sulfide) groups is 1. The first-order valence-corrected chi connectivity index (χ1v) is 8.51. The highest BCUT2D eigenvalue weighted by Crippen LogP contribution is 2.08. The van der Waals surface area contributed by atoms with Crippen LogP contribution in [-0.2, 0) is 0 Å². The van der Waals surface area contributed by atoms with Gasteiger partial charge >= 0.3 is 0 Å². The first-order valence-electron chi connectivity index (χ1n) is 7.12. The molecule has 0 fully saturated rings. The van der Waals surface area contributed by atoms with E-state index in [1.165, 1.54) is 50.9 Å². The Bertz CT molecular complexity index is 153. The van der Waals surface area contributed by atoms with Crippen molar-refractivity contribution in [1.82, 2.24) is 10.2 Å². The Morgan fingerprint density at radius 1 is 1.18 bits per heavy atom. The van der Waals surface area contributed by atoms with E-state index >= 15 is 0 Å². The van der Waals surface area contributed by atoms with Gasteiger partial charge in [-0.1, -0.05) is 19.8 Å². The van der Waals surface area contributed by atoms with E-state index in [1.807, 2.05) is 11.8 Å². The van der Waals surface area contributed by atoms with Crippen molar-refractivity contribution in [1.29, 1.82) is 0 Å². The minimum absolute atomic E-state index is 0.740. The van der Waals surface area contributed by atoms with E-state index in [1.54, 1.807) is 0 Å². The molecule has 0 saturated heterocycles. The van der Waals surface area contributed by atoms with E-state index in [2.05, 4.69) is 37.4 Å². The number of hydrogen-bond donors (Lipinski definition) is 1. The van der Waals surface area contributed by atoms with Crippen LogP contribution in [0.2, 0.25) is 0 Å². The quantitative estimate of drug-likeness (QED) is 0.542. The zero-order valence-corrected chi connectivity index (χ0v) is 13.1. The number of nitrogens with one attached hydrogen (secondary N) is 1. The Morgan fingerprint density at radius 2 is 1.88 bits per heavy atom. The highest BCUT2D eigenvalue weighted by atomic mass is 32.2. The fourth-order valence-electron chi connectivity index (χ4n) is 1.87. The second-order valence-electron chi connectivity index (χ2n) is 4.88. The molecule has 0 bridgehead atoms. The minimum atomic E-state index is 0.740. The molecule has 1 atom stereocenters. The summed E-state index contributed by atoms with van der Waals surface area (Å²) in [5.74, 6) is 1.29. The summed E-state index contributed by atoms with van der Waals surface area (Å²) in [6, 6.07) is 0.740. The third-order valence-corrected chi connectivity index (χ3v) is 4.00. The summed E-state index contributed by atoms with van der Waals surface area (Å²) in [5, 5.41) is 3.38. The molecule has 2 nitrogen and oxygen atoms in total. The average Bonchev–Trinajstić information content (AvgIpc) is 2.34. The van der Waals surface area contributed by atoms with Gasteiger partial charge in [-0.15, -0.1) is 0 Å². The number of rotatable bonds is 12. The predicted octanol–water partition coefficient (Wildman–Crippen LogP) is 3.23. The standard InChI is InChI=1S/C14H32N2S/c1-5-15-11-8-6-7-9-12-16(3)14(2)10-13-17-4/h14-15H,5-13H2,1-4H3. The van der Waals surface area contributed by atoms with E-state index in [0.717, 1.165) is 12.6 Å². The number of nitrogens with zero attached hydrogens (tertiary/aromatic N) is 1. The third kappa shape index (κ3) is 11.1. The maximum Gasteiger partial charge on any atom is 0.00717 e. The van der Waals surface area contributed by atoms with Gasteiger partial charge in [0.2, 0.25) is 0 Å². The third-order valence-electron chi connectivity index (χ3n) is 3.36. The lowest BCUT2D eigenvalue weighted by molar-refractivity contribution is 0.247. The second kappa shape index (κ2) is 12.7. The van der Waals surface area contributed by atoms with Crippen molar-refractivity contribution >= 4 is 11.8 Å². The van der Waals surface area contributed by atoms with E-state index < -0.39 is 0 Å². The van der Waals surface area contributed by atoms with Crippen LogP contribution in [0.4, 0.5) is 0 Å².